The van der Waals surface area contributed by atoms with Gasteiger partial charge in [0.15, 0.2) is 5.96 Å². The minimum absolute atomic E-state index is 0. The van der Waals surface area contributed by atoms with Crippen LogP contribution < -0.4 is 10.6 Å². The highest BCUT2D eigenvalue weighted by atomic mass is 127. The third kappa shape index (κ3) is 8.40. The van der Waals surface area contributed by atoms with E-state index >= 15 is 0 Å². The molecule has 0 aliphatic heterocycles. The Kier molecular flexibility index (Phi) is 10.6. The van der Waals surface area contributed by atoms with Gasteiger partial charge < -0.3 is 15.5 Å². The van der Waals surface area contributed by atoms with Crippen molar-refractivity contribution >= 4 is 41.5 Å². The number of hydrogen-bond donors (Lipinski definition) is 2. The van der Waals surface area contributed by atoms with E-state index in [9.17, 15) is 4.39 Å². The molecular formula is C19H26ClFIN5. The fourth-order valence-electron chi connectivity index (χ4n) is 2.49. The maximum Gasteiger partial charge on any atom is 0.191 e. The van der Waals surface area contributed by atoms with Gasteiger partial charge in [0, 0.05) is 38.4 Å². The number of pyridine rings is 1. The highest BCUT2D eigenvalue weighted by molar-refractivity contribution is 14.0. The van der Waals surface area contributed by atoms with E-state index in [1.807, 2.05) is 31.1 Å². The van der Waals surface area contributed by atoms with E-state index in [0.717, 1.165) is 24.1 Å². The van der Waals surface area contributed by atoms with E-state index in [2.05, 4.69) is 20.6 Å². The molecule has 0 atom stereocenters. The number of aromatic nitrogens is 1. The van der Waals surface area contributed by atoms with Crippen LogP contribution in [0.5, 0.6) is 0 Å². The molecule has 2 N–H and O–H groups in total. The predicted octanol–water partition coefficient (Wildman–Crippen LogP) is 3.46. The molecule has 27 heavy (non-hydrogen) atoms. The zero-order chi connectivity index (χ0) is 18.9. The molecule has 148 valence electrons. The van der Waals surface area contributed by atoms with Gasteiger partial charge in [-0.05, 0) is 49.8 Å². The van der Waals surface area contributed by atoms with Crippen molar-refractivity contribution in [1.82, 2.24) is 20.5 Å². The summed E-state index contributed by atoms with van der Waals surface area (Å²) in [6.07, 6.45) is 2.58. The minimum atomic E-state index is -0.179. The van der Waals surface area contributed by atoms with Crippen molar-refractivity contribution < 1.29 is 4.39 Å². The summed E-state index contributed by atoms with van der Waals surface area (Å²) >= 11 is 5.78. The number of nitrogens with one attached hydrogen (secondary N) is 2. The highest BCUT2D eigenvalue weighted by Crippen LogP contribution is 2.12. The molecule has 0 aliphatic carbocycles. The Morgan fingerprint density at radius 3 is 2.56 bits per heavy atom. The first kappa shape index (κ1) is 23.6. The molecule has 0 saturated carbocycles. The summed E-state index contributed by atoms with van der Waals surface area (Å²) in [5, 5.41) is 7.00. The Morgan fingerprint density at radius 2 is 1.93 bits per heavy atom. The lowest BCUT2D eigenvalue weighted by molar-refractivity contribution is 0.392. The molecule has 0 spiro atoms. The maximum atomic E-state index is 13.9. The third-order valence-electron chi connectivity index (χ3n) is 3.78. The normalized spacial score (nSPS) is 11.3. The minimum Gasteiger partial charge on any atom is -0.356 e. The molecule has 1 aromatic carbocycles. The van der Waals surface area contributed by atoms with Gasteiger partial charge in [0.1, 0.15) is 11.0 Å². The number of benzene rings is 1. The lowest BCUT2D eigenvalue weighted by Crippen LogP contribution is -2.37. The zero-order valence-electron chi connectivity index (χ0n) is 15.8. The summed E-state index contributed by atoms with van der Waals surface area (Å²) in [7, 11) is 5.57. The highest BCUT2D eigenvalue weighted by Gasteiger charge is 2.06. The fraction of sp³-hybridized carbons (Fsp3) is 0.368. The van der Waals surface area contributed by atoms with Crippen molar-refractivity contribution in [3.8, 4) is 0 Å². The molecule has 2 aromatic rings. The van der Waals surface area contributed by atoms with Crippen molar-refractivity contribution in [2.75, 3.05) is 27.7 Å². The van der Waals surface area contributed by atoms with Crippen LogP contribution in [0.4, 0.5) is 4.39 Å². The predicted molar refractivity (Wildman–Crippen MR) is 120 cm³/mol. The molecule has 0 amide bonds. The number of aliphatic imine (C=N–C) groups is 1. The number of hydrogen-bond acceptors (Lipinski definition) is 3. The van der Waals surface area contributed by atoms with Crippen LogP contribution >= 0.6 is 35.6 Å². The van der Waals surface area contributed by atoms with Crippen LogP contribution in [0.3, 0.4) is 0 Å². The molecule has 0 fully saturated rings. The Morgan fingerprint density at radius 1 is 1.19 bits per heavy atom. The monoisotopic (exact) mass is 505 g/mol. The first-order valence-electron chi connectivity index (χ1n) is 8.45. The lowest BCUT2D eigenvalue weighted by atomic mass is 10.1. The van der Waals surface area contributed by atoms with Gasteiger partial charge in [0.25, 0.3) is 0 Å². The summed E-state index contributed by atoms with van der Waals surface area (Å²) in [6, 6.07) is 8.92. The largest absolute Gasteiger partial charge is 0.356 e. The molecule has 2 rings (SSSR count). The van der Waals surface area contributed by atoms with Crippen LogP contribution in [-0.4, -0.2) is 43.5 Å². The molecule has 0 saturated heterocycles. The van der Waals surface area contributed by atoms with Crippen molar-refractivity contribution in [2.45, 2.75) is 19.5 Å². The van der Waals surface area contributed by atoms with Crippen LogP contribution in [0.2, 0.25) is 5.15 Å². The van der Waals surface area contributed by atoms with Gasteiger partial charge in [-0.15, -0.1) is 24.0 Å². The standard InChI is InChI=1S/C19H25ClFN5.HI/c1-22-19(23-9-8-14-5-7-18(20)24-11-14)25-12-15-4-6-17(21)16(10-15)13-26(2)3;/h4-7,10-11H,8-9,12-13H2,1-3H3,(H2,22,23,25);1H. The van der Waals surface area contributed by atoms with Gasteiger partial charge in [-0.2, -0.15) is 0 Å². The molecule has 0 unspecified atom stereocenters. The lowest BCUT2D eigenvalue weighted by Gasteiger charge is -2.14. The van der Waals surface area contributed by atoms with E-state index < -0.39 is 0 Å². The number of nitrogens with zero attached hydrogens (tertiary/aromatic N) is 3. The van der Waals surface area contributed by atoms with Crippen LogP contribution in [0.1, 0.15) is 16.7 Å². The van der Waals surface area contributed by atoms with Crippen LogP contribution in [-0.2, 0) is 19.5 Å². The van der Waals surface area contributed by atoms with Gasteiger partial charge in [-0.3, -0.25) is 4.99 Å². The average Bonchev–Trinajstić information content (AvgIpc) is 2.61. The zero-order valence-corrected chi connectivity index (χ0v) is 18.9. The average molecular weight is 506 g/mol. The van der Waals surface area contributed by atoms with Crippen molar-refractivity contribution in [2.24, 2.45) is 4.99 Å². The summed E-state index contributed by atoms with van der Waals surface area (Å²) in [5.41, 5.74) is 2.80. The number of rotatable bonds is 7. The molecule has 8 heteroatoms. The first-order chi connectivity index (χ1) is 12.5. The van der Waals surface area contributed by atoms with E-state index in [-0.39, 0.29) is 29.8 Å². The van der Waals surface area contributed by atoms with Crippen LogP contribution in [0, 0.1) is 5.82 Å². The van der Waals surface area contributed by atoms with E-state index in [1.165, 1.54) is 6.07 Å². The third-order valence-corrected chi connectivity index (χ3v) is 4.00. The number of halogens is 3. The SMILES string of the molecule is CN=C(NCCc1ccc(Cl)nc1)NCc1ccc(F)c(CN(C)C)c1.I. The molecule has 0 aliphatic rings. The van der Waals surface area contributed by atoms with Gasteiger partial charge in [-0.25, -0.2) is 9.37 Å². The second kappa shape index (κ2) is 12.1. The molecule has 0 bridgehead atoms. The second-order valence-corrected chi connectivity index (χ2v) is 6.64. The summed E-state index contributed by atoms with van der Waals surface area (Å²) in [6.45, 7) is 1.86. The van der Waals surface area contributed by atoms with Crippen molar-refractivity contribution in [3.63, 3.8) is 0 Å². The van der Waals surface area contributed by atoms with Crippen LogP contribution in [0.15, 0.2) is 41.5 Å². The van der Waals surface area contributed by atoms with Gasteiger partial charge in [-0.1, -0.05) is 23.7 Å². The molecule has 1 heterocycles. The van der Waals surface area contributed by atoms with E-state index in [4.69, 9.17) is 11.6 Å². The molecule has 1 aromatic heterocycles. The first-order valence-corrected chi connectivity index (χ1v) is 8.82. The summed E-state index contributed by atoms with van der Waals surface area (Å²) in [4.78, 5) is 10.2. The molecule has 5 nitrogen and oxygen atoms in total. The van der Waals surface area contributed by atoms with Gasteiger partial charge in [0.05, 0.1) is 0 Å². The Labute approximate surface area is 182 Å². The quantitative estimate of drug-likeness (QED) is 0.262. The Hall–Kier alpha value is -1.45. The van der Waals surface area contributed by atoms with Gasteiger partial charge >= 0.3 is 0 Å². The van der Waals surface area contributed by atoms with Crippen molar-refractivity contribution in [3.05, 3.63) is 64.2 Å². The topological polar surface area (TPSA) is 52.6 Å². The second-order valence-electron chi connectivity index (χ2n) is 6.26. The molecule has 0 radical (unpaired) electrons. The smallest absolute Gasteiger partial charge is 0.191 e. The van der Waals surface area contributed by atoms with Crippen LogP contribution in [0.25, 0.3) is 0 Å². The Balaban J connectivity index is 0.00000364. The van der Waals surface area contributed by atoms with E-state index in [1.54, 1.807) is 25.4 Å². The summed E-state index contributed by atoms with van der Waals surface area (Å²) in [5.74, 6) is 0.520. The summed E-state index contributed by atoms with van der Waals surface area (Å²) < 4.78 is 13.9. The Bertz CT molecular complexity index is 737. The fourth-order valence-corrected chi connectivity index (χ4v) is 2.60. The molecular weight excluding hydrogens is 480 g/mol. The van der Waals surface area contributed by atoms with Gasteiger partial charge in [0.2, 0.25) is 0 Å². The van der Waals surface area contributed by atoms with E-state index in [0.29, 0.717) is 29.8 Å². The van der Waals surface area contributed by atoms with Crippen molar-refractivity contribution in [1.29, 1.82) is 0 Å². The maximum absolute atomic E-state index is 13.9. The number of guanidine groups is 1.